The van der Waals surface area contributed by atoms with Crippen LogP contribution >= 0.6 is 0 Å². The van der Waals surface area contributed by atoms with Crippen molar-refractivity contribution < 1.29 is 19.4 Å². The maximum Gasteiger partial charge on any atom is 0.261 e. The molecule has 166 valence electrons. The van der Waals surface area contributed by atoms with Crippen LogP contribution in [0.5, 0.6) is 0 Å². The van der Waals surface area contributed by atoms with Crippen LogP contribution in [0.3, 0.4) is 0 Å². The fourth-order valence-electron chi connectivity index (χ4n) is 4.52. The normalized spacial score (nSPS) is 24.0. The summed E-state index contributed by atoms with van der Waals surface area (Å²) in [6, 6.07) is 20.7. The summed E-state index contributed by atoms with van der Waals surface area (Å²) in [5.74, 6) is -0.464. The van der Waals surface area contributed by atoms with Gasteiger partial charge in [-0.1, -0.05) is 86.5 Å². The summed E-state index contributed by atoms with van der Waals surface area (Å²) >= 11 is 0. The van der Waals surface area contributed by atoms with Crippen LogP contribution < -0.4 is 10.4 Å². The quantitative estimate of drug-likeness (QED) is 0.284. The number of benzene rings is 2. The van der Waals surface area contributed by atoms with Gasteiger partial charge in [-0.15, -0.1) is 0 Å². The number of aliphatic hydroxyl groups excluding tert-OH is 2. The van der Waals surface area contributed by atoms with Crippen molar-refractivity contribution in [1.82, 2.24) is 0 Å². The molecular formula is C23H31N3O4Si. The van der Waals surface area contributed by atoms with Gasteiger partial charge in [0, 0.05) is 24.0 Å². The maximum absolute atomic E-state index is 10.2. The van der Waals surface area contributed by atoms with E-state index < -0.39 is 32.7 Å². The van der Waals surface area contributed by atoms with Crippen molar-refractivity contribution in [2.75, 3.05) is 13.2 Å². The van der Waals surface area contributed by atoms with Crippen LogP contribution in [0.1, 0.15) is 27.2 Å². The summed E-state index contributed by atoms with van der Waals surface area (Å²) < 4.78 is 12.4. The van der Waals surface area contributed by atoms with E-state index >= 15 is 0 Å². The molecular weight excluding hydrogens is 410 g/mol. The SMILES string of the molecule is CC(C)(C)[Si](OCC[C@H]1O[C@@H](O)[C@H](O)[C@@H]1CN=[N+]=[N-])(c1ccccc1)c1ccccc1. The predicted molar refractivity (Wildman–Crippen MR) is 123 cm³/mol. The zero-order valence-corrected chi connectivity index (χ0v) is 19.3. The van der Waals surface area contributed by atoms with Gasteiger partial charge < -0.3 is 19.4 Å². The van der Waals surface area contributed by atoms with Gasteiger partial charge in [-0.25, -0.2) is 0 Å². The Bertz CT molecular complexity index is 845. The number of aliphatic hydroxyl groups is 2. The Balaban J connectivity index is 1.89. The van der Waals surface area contributed by atoms with E-state index in [0.29, 0.717) is 13.0 Å². The molecule has 0 amide bonds. The van der Waals surface area contributed by atoms with Crippen molar-refractivity contribution in [3.05, 3.63) is 71.1 Å². The van der Waals surface area contributed by atoms with Crippen LogP contribution in [-0.2, 0) is 9.16 Å². The standard InChI is InChI=1S/C23H31N3O4Si/c1-23(2,3)31(17-10-6-4-7-11-17,18-12-8-5-9-13-18)29-15-14-20-19(16-25-26-24)21(27)22(28)30-20/h4-13,19-22,27-28H,14-16H2,1-3H3/t19-,20-,21-,22-/m1/s1. The smallest absolute Gasteiger partial charge is 0.261 e. The van der Waals surface area contributed by atoms with Gasteiger partial charge in [0.1, 0.15) is 6.10 Å². The Labute approximate surface area is 184 Å². The van der Waals surface area contributed by atoms with Gasteiger partial charge >= 0.3 is 0 Å². The highest BCUT2D eigenvalue weighted by Crippen LogP contribution is 2.37. The molecule has 0 saturated carbocycles. The number of ether oxygens (including phenoxy) is 1. The molecule has 0 radical (unpaired) electrons. The van der Waals surface area contributed by atoms with Crippen LogP contribution in [-0.4, -0.2) is 50.2 Å². The first kappa shape index (κ1) is 23.5. The highest BCUT2D eigenvalue weighted by molar-refractivity contribution is 6.99. The molecule has 1 aliphatic heterocycles. The van der Waals surface area contributed by atoms with Crippen molar-refractivity contribution in [3.8, 4) is 0 Å². The third-order valence-corrected chi connectivity index (χ3v) is 11.1. The molecule has 1 aliphatic rings. The zero-order valence-electron chi connectivity index (χ0n) is 18.3. The lowest BCUT2D eigenvalue weighted by Crippen LogP contribution is -2.66. The van der Waals surface area contributed by atoms with Gasteiger partial charge in [-0.2, -0.15) is 0 Å². The van der Waals surface area contributed by atoms with E-state index in [9.17, 15) is 10.2 Å². The van der Waals surface area contributed by atoms with Crippen molar-refractivity contribution in [2.45, 2.75) is 50.7 Å². The number of azide groups is 1. The van der Waals surface area contributed by atoms with E-state index in [1.54, 1.807) is 0 Å². The van der Waals surface area contributed by atoms with E-state index in [4.69, 9.17) is 14.7 Å². The zero-order chi connectivity index (χ0) is 22.5. The molecule has 31 heavy (non-hydrogen) atoms. The van der Waals surface area contributed by atoms with E-state index in [-0.39, 0.29) is 11.6 Å². The fraction of sp³-hybridized carbons (Fsp3) is 0.478. The first-order chi connectivity index (χ1) is 14.8. The largest absolute Gasteiger partial charge is 0.407 e. The molecule has 2 aromatic carbocycles. The Morgan fingerprint density at radius 3 is 2.06 bits per heavy atom. The lowest BCUT2D eigenvalue weighted by Gasteiger charge is -2.43. The van der Waals surface area contributed by atoms with Gasteiger partial charge in [0.25, 0.3) is 8.32 Å². The van der Waals surface area contributed by atoms with E-state index in [1.807, 2.05) is 36.4 Å². The first-order valence-corrected chi connectivity index (χ1v) is 12.5. The summed E-state index contributed by atoms with van der Waals surface area (Å²) in [6.07, 6.45) is -2.33. The van der Waals surface area contributed by atoms with Gasteiger partial charge in [-0.05, 0) is 27.4 Å². The molecule has 0 unspecified atom stereocenters. The molecule has 8 heteroatoms. The second-order valence-electron chi connectivity index (χ2n) is 8.93. The van der Waals surface area contributed by atoms with E-state index in [0.717, 1.165) is 0 Å². The minimum atomic E-state index is -2.67. The van der Waals surface area contributed by atoms with Crippen LogP contribution in [0.2, 0.25) is 5.04 Å². The van der Waals surface area contributed by atoms with Crippen molar-refractivity contribution in [2.24, 2.45) is 11.0 Å². The molecule has 2 aromatic rings. The molecule has 7 nitrogen and oxygen atoms in total. The topological polar surface area (TPSA) is 108 Å². The van der Waals surface area contributed by atoms with Crippen LogP contribution in [0, 0.1) is 5.92 Å². The molecule has 1 saturated heterocycles. The third kappa shape index (κ3) is 4.85. The molecule has 0 aromatic heterocycles. The number of hydrogen-bond acceptors (Lipinski definition) is 5. The monoisotopic (exact) mass is 441 g/mol. The Kier molecular flexibility index (Phi) is 7.54. The lowest BCUT2D eigenvalue weighted by molar-refractivity contribution is -0.128. The average Bonchev–Trinajstić information content (AvgIpc) is 3.03. The maximum atomic E-state index is 10.2. The summed E-state index contributed by atoms with van der Waals surface area (Å²) in [4.78, 5) is 2.78. The highest BCUT2D eigenvalue weighted by Gasteiger charge is 2.50. The summed E-state index contributed by atoms with van der Waals surface area (Å²) in [5.41, 5.74) is 8.64. The Morgan fingerprint density at radius 1 is 1.03 bits per heavy atom. The highest BCUT2D eigenvalue weighted by atomic mass is 28.4. The van der Waals surface area contributed by atoms with Crippen molar-refractivity contribution in [3.63, 3.8) is 0 Å². The number of hydrogen-bond donors (Lipinski definition) is 2. The van der Waals surface area contributed by atoms with Crippen LogP contribution in [0.25, 0.3) is 10.4 Å². The fourth-order valence-corrected chi connectivity index (χ4v) is 9.10. The Morgan fingerprint density at radius 2 is 1.58 bits per heavy atom. The van der Waals surface area contributed by atoms with Gasteiger partial charge in [0.2, 0.25) is 0 Å². The van der Waals surface area contributed by atoms with Gasteiger partial charge in [0.05, 0.1) is 6.10 Å². The molecule has 0 spiro atoms. The summed E-state index contributed by atoms with van der Waals surface area (Å²) in [7, 11) is -2.67. The van der Waals surface area contributed by atoms with Crippen LogP contribution in [0.15, 0.2) is 65.8 Å². The van der Waals surface area contributed by atoms with Crippen LogP contribution in [0.4, 0.5) is 0 Å². The summed E-state index contributed by atoms with van der Waals surface area (Å²) in [6.45, 7) is 7.10. The van der Waals surface area contributed by atoms with E-state index in [2.05, 4.69) is 55.1 Å². The number of rotatable bonds is 8. The lowest BCUT2D eigenvalue weighted by atomic mass is 9.97. The van der Waals surface area contributed by atoms with Gasteiger partial charge in [-0.3, -0.25) is 0 Å². The molecule has 1 fully saturated rings. The van der Waals surface area contributed by atoms with Crippen molar-refractivity contribution in [1.29, 1.82) is 0 Å². The molecule has 0 aliphatic carbocycles. The van der Waals surface area contributed by atoms with Gasteiger partial charge in [0.15, 0.2) is 6.29 Å². The second-order valence-corrected chi connectivity index (χ2v) is 13.2. The average molecular weight is 442 g/mol. The molecule has 2 N–H and O–H groups in total. The minimum Gasteiger partial charge on any atom is -0.407 e. The summed E-state index contributed by atoms with van der Waals surface area (Å²) in [5, 5.41) is 26.0. The predicted octanol–water partition coefficient (Wildman–Crippen LogP) is 2.96. The first-order valence-electron chi connectivity index (χ1n) is 10.6. The molecule has 0 bridgehead atoms. The van der Waals surface area contributed by atoms with E-state index in [1.165, 1.54) is 10.4 Å². The molecule has 3 rings (SSSR count). The third-order valence-electron chi connectivity index (χ3n) is 6.02. The van der Waals surface area contributed by atoms with Crippen molar-refractivity contribution >= 4 is 18.7 Å². The Hall–Kier alpha value is -2.19. The molecule has 4 atom stereocenters. The second kappa shape index (κ2) is 9.95. The number of nitrogens with zero attached hydrogens (tertiary/aromatic N) is 3. The minimum absolute atomic E-state index is 0.0681. The molecule has 1 heterocycles.